The molecular weight excluding hydrogens is 470 g/mol. The van der Waals surface area contributed by atoms with Crippen LogP contribution in [0.25, 0.3) is 0 Å². The van der Waals surface area contributed by atoms with Gasteiger partial charge in [-0.25, -0.2) is 9.69 Å². The lowest BCUT2D eigenvalue weighted by Gasteiger charge is -2.15. The second kappa shape index (κ2) is 9.82. The predicted molar refractivity (Wildman–Crippen MR) is 132 cm³/mol. The Morgan fingerprint density at radius 2 is 1.54 bits per heavy atom. The fourth-order valence-electron chi connectivity index (χ4n) is 3.43. The third-order valence-electron chi connectivity index (χ3n) is 5.28. The lowest BCUT2D eigenvalue weighted by Crippen LogP contribution is -2.32. The molecular formula is C26H20ClN3O5. The van der Waals surface area contributed by atoms with Crippen LogP contribution in [-0.2, 0) is 14.3 Å². The van der Waals surface area contributed by atoms with Gasteiger partial charge in [-0.15, -0.1) is 0 Å². The number of hydrogen-bond acceptors (Lipinski definition) is 6. The topological polar surface area (TPSA) is 105 Å². The smallest absolute Gasteiger partial charge is 0.337 e. The molecule has 0 aromatic heterocycles. The summed E-state index contributed by atoms with van der Waals surface area (Å²) >= 11 is 6.17. The summed E-state index contributed by atoms with van der Waals surface area (Å²) in [4.78, 5) is 50.8. The number of amides is 3. The average Bonchev–Trinajstić information content (AvgIpc) is 3.07. The highest BCUT2D eigenvalue weighted by Crippen LogP contribution is 2.30. The summed E-state index contributed by atoms with van der Waals surface area (Å²) in [5, 5.41) is 5.37. The minimum Gasteiger partial charge on any atom is -0.465 e. The highest BCUT2D eigenvalue weighted by atomic mass is 35.5. The number of benzene rings is 3. The van der Waals surface area contributed by atoms with E-state index in [0.29, 0.717) is 28.2 Å². The summed E-state index contributed by atoms with van der Waals surface area (Å²) in [6.07, 6.45) is 0. The molecule has 0 atom stereocenters. The van der Waals surface area contributed by atoms with Crippen molar-refractivity contribution in [2.75, 3.05) is 22.6 Å². The van der Waals surface area contributed by atoms with E-state index < -0.39 is 23.7 Å². The van der Waals surface area contributed by atoms with Crippen molar-refractivity contribution >= 4 is 52.4 Å². The maximum atomic E-state index is 12.9. The highest BCUT2D eigenvalue weighted by molar-refractivity contribution is 6.53. The third kappa shape index (κ3) is 4.92. The Morgan fingerprint density at radius 3 is 2.20 bits per heavy atom. The van der Waals surface area contributed by atoms with Gasteiger partial charge in [0.25, 0.3) is 17.7 Å². The average molecular weight is 490 g/mol. The summed E-state index contributed by atoms with van der Waals surface area (Å²) in [6, 6.07) is 19.6. The Kier molecular flexibility index (Phi) is 6.66. The molecule has 0 spiro atoms. The van der Waals surface area contributed by atoms with E-state index in [4.69, 9.17) is 11.6 Å². The van der Waals surface area contributed by atoms with Crippen LogP contribution < -0.4 is 15.5 Å². The first-order valence-electron chi connectivity index (χ1n) is 10.5. The number of nitrogens with zero attached hydrogens (tertiary/aromatic N) is 1. The zero-order chi connectivity index (χ0) is 25.1. The van der Waals surface area contributed by atoms with Crippen LogP contribution in [0.1, 0.15) is 26.3 Å². The maximum absolute atomic E-state index is 12.9. The van der Waals surface area contributed by atoms with Gasteiger partial charge in [-0.3, -0.25) is 14.4 Å². The third-order valence-corrected chi connectivity index (χ3v) is 5.63. The molecule has 0 fully saturated rings. The van der Waals surface area contributed by atoms with Gasteiger partial charge in [0.15, 0.2) is 0 Å². The molecule has 0 saturated carbocycles. The number of ether oxygens (including phenoxy) is 1. The molecule has 4 rings (SSSR count). The lowest BCUT2D eigenvalue weighted by atomic mass is 10.1. The molecule has 3 aromatic carbocycles. The van der Waals surface area contributed by atoms with E-state index >= 15 is 0 Å². The second-order valence-electron chi connectivity index (χ2n) is 7.70. The SMILES string of the molecule is COC(=O)c1cccc(NC(=O)c2ccc(NC3=C(Cl)C(=O)N(c4ccc(C)cc4)C3=O)cc2)c1. The summed E-state index contributed by atoms with van der Waals surface area (Å²) in [7, 11) is 1.28. The van der Waals surface area contributed by atoms with Crippen LogP contribution in [0.15, 0.2) is 83.5 Å². The van der Waals surface area contributed by atoms with Crippen LogP contribution in [0.4, 0.5) is 17.1 Å². The zero-order valence-corrected chi connectivity index (χ0v) is 19.6. The number of rotatable bonds is 6. The number of aryl methyl sites for hydroxylation is 1. The molecule has 3 amide bonds. The van der Waals surface area contributed by atoms with Crippen LogP contribution >= 0.6 is 11.6 Å². The van der Waals surface area contributed by atoms with Crippen LogP contribution in [0.5, 0.6) is 0 Å². The van der Waals surface area contributed by atoms with Crippen molar-refractivity contribution in [1.82, 2.24) is 0 Å². The molecule has 0 aliphatic carbocycles. The number of anilines is 3. The van der Waals surface area contributed by atoms with E-state index in [-0.39, 0.29) is 10.7 Å². The summed E-state index contributed by atoms with van der Waals surface area (Å²) in [5.41, 5.74) is 2.92. The molecule has 1 aliphatic rings. The monoisotopic (exact) mass is 489 g/mol. The number of hydrogen-bond donors (Lipinski definition) is 2. The van der Waals surface area contributed by atoms with Crippen molar-refractivity contribution in [3.63, 3.8) is 0 Å². The van der Waals surface area contributed by atoms with E-state index in [1.165, 1.54) is 13.2 Å². The largest absolute Gasteiger partial charge is 0.465 e. The Labute approximate surface area is 206 Å². The maximum Gasteiger partial charge on any atom is 0.337 e. The van der Waals surface area contributed by atoms with Gasteiger partial charge in [-0.2, -0.15) is 0 Å². The molecule has 3 aromatic rings. The number of esters is 1. The second-order valence-corrected chi connectivity index (χ2v) is 8.08. The first kappa shape index (κ1) is 23.7. The first-order chi connectivity index (χ1) is 16.8. The van der Waals surface area contributed by atoms with Crippen molar-refractivity contribution < 1.29 is 23.9 Å². The molecule has 0 saturated heterocycles. The van der Waals surface area contributed by atoms with Crippen molar-refractivity contribution in [2.24, 2.45) is 0 Å². The predicted octanol–water partition coefficient (Wildman–Crippen LogP) is 4.47. The van der Waals surface area contributed by atoms with E-state index in [0.717, 1.165) is 10.5 Å². The van der Waals surface area contributed by atoms with Gasteiger partial charge in [-0.1, -0.05) is 35.4 Å². The lowest BCUT2D eigenvalue weighted by molar-refractivity contribution is -0.120. The van der Waals surface area contributed by atoms with Crippen molar-refractivity contribution in [3.8, 4) is 0 Å². The Hall–Kier alpha value is -4.43. The van der Waals surface area contributed by atoms with E-state index in [2.05, 4.69) is 15.4 Å². The van der Waals surface area contributed by atoms with Gasteiger partial charge in [0, 0.05) is 16.9 Å². The van der Waals surface area contributed by atoms with Gasteiger partial charge < -0.3 is 15.4 Å². The van der Waals surface area contributed by atoms with Crippen molar-refractivity contribution in [3.05, 3.63) is 100 Å². The summed E-state index contributed by atoms with van der Waals surface area (Å²) in [5.74, 6) is -2.09. The number of nitrogens with one attached hydrogen (secondary N) is 2. The van der Waals surface area contributed by atoms with Crippen LogP contribution in [0.3, 0.4) is 0 Å². The van der Waals surface area contributed by atoms with Crippen LogP contribution in [-0.4, -0.2) is 30.8 Å². The minimum absolute atomic E-state index is 0.0472. The first-order valence-corrected chi connectivity index (χ1v) is 10.9. The molecule has 1 heterocycles. The highest BCUT2D eigenvalue weighted by Gasteiger charge is 2.38. The Bertz CT molecular complexity index is 1360. The molecule has 8 nitrogen and oxygen atoms in total. The Morgan fingerprint density at radius 1 is 0.857 bits per heavy atom. The number of carbonyl (C=O) groups is 4. The zero-order valence-electron chi connectivity index (χ0n) is 18.8. The number of methoxy groups -OCH3 is 1. The molecule has 35 heavy (non-hydrogen) atoms. The summed E-state index contributed by atoms with van der Waals surface area (Å²) in [6.45, 7) is 1.90. The molecule has 0 bridgehead atoms. The molecule has 9 heteroatoms. The molecule has 0 radical (unpaired) electrons. The molecule has 0 unspecified atom stereocenters. The Balaban J connectivity index is 1.46. The fraction of sp³-hybridized carbons (Fsp3) is 0.0769. The van der Waals surface area contributed by atoms with Crippen molar-refractivity contribution in [2.45, 2.75) is 6.92 Å². The van der Waals surface area contributed by atoms with E-state index in [9.17, 15) is 19.2 Å². The number of imide groups is 1. The van der Waals surface area contributed by atoms with Gasteiger partial charge in [0.1, 0.15) is 10.7 Å². The van der Waals surface area contributed by atoms with E-state index in [1.807, 2.05) is 6.92 Å². The van der Waals surface area contributed by atoms with Gasteiger partial charge in [0.2, 0.25) is 0 Å². The van der Waals surface area contributed by atoms with Crippen LogP contribution in [0.2, 0.25) is 0 Å². The van der Waals surface area contributed by atoms with Crippen molar-refractivity contribution in [1.29, 1.82) is 0 Å². The minimum atomic E-state index is -0.617. The van der Waals surface area contributed by atoms with Gasteiger partial charge >= 0.3 is 5.97 Å². The molecule has 1 aliphatic heterocycles. The molecule has 2 N–H and O–H groups in total. The van der Waals surface area contributed by atoms with E-state index in [1.54, 1.807) is 66.7 Å². The molecule has 176 valence electrons. The standard InChI is InChI=1S/C26H20ClN3O5/c1-15-6-12-20(13-7-15)30-24(32)21(27)22(25(30)33)28-18-10-8-16(9-11-18)23(31)29-19-5-3-4-17(14-19)26(34)35-2/h3-14,28H,1-2H3,(H,29,31). The quantitative estimate of drug-likeness (QED) is 0.391. The van der Waals surface area contributed by atoms with Gasteiger partial charge in [-0.05, 0) is 61.5 Å². The van der Waals surface area contributed by atoms with Gasteiger partial charge in [0.05, 0.1) is 18.4 Å². The summed E-state index contributed by atoms with van der Waals surface area (Å²) < 4.78 is 4.69. The fourth-order valence-corrected chi connectivity index (χ4v) is 3.65. The normalized spacial score (nSPS) is 13.2. The number of carbonyl (C=O) groups excluding carboxylic acids is 4. The van der Waals surface area contributed by atoms with Crippen LogP contribution in [0, 0.1) is 6.92 Å². The number of halogens is 1.